The van der Waals surface area contributed by atoms with Gasteiger partial charge in [0.25, 0.3) is 5.56 Å². The summed E-state index contributed by atoms with van der Waals surface area (Å²) in [5.41, 5.74) is 0.749. The van der Waals surface area contributed by atoms with E-state index in [4.69, 9.17) is 0 Å². The second-order valence-corrected chi connectivity index (χ2v) is 6.02. The van der Waals surface area contributed by atoms with Crippen LogP contribution in [0.3, 0.4) is 0 Å². The maximum Gasteiger partial charge on any atom is 0.387 e. The van der Waals surface area contributed by atoms with Crippen LogP contribution in [-0.4, -0.2) is 23.2 Å². The predicted molar refractivity (Wildman–Crippen MR) is 100 cm³/mol. The van der Waals surface area contributed by atoms with E-state index in [1.165, 1.54) is 12.1 Å². The van der Waals surface area contributed by atoms with Gasteiger partial charge in [0.2, 0.25) is 0 Å². The van der Waals surface area contributed by atoms with Crippen LogP contribution in [0.2, 0.25) is 0 Å². The van der Waals surface area contributed by atoms with Crippen molar-refractivity contribution in [2.45, 2.75) is 20.1 Å². The number of nitrogens with zero attached hydrogens (tertiary/aromatic N) is 2. The van der Waals surface area contributed by atoms with Gasteiger partial charge >= 0.3 is 13.2 Å². The number of allylic oxidation sites excluding steroid dienone is 1. The van der Waals surface area contributed by atoms with Crippen molar-refractivity contribution in [3.8, 4) is 17.6 Å². The molecule has 30 heavy (non-hydrogen) atoms. The fraction of sp³-hybridized carbons (Fsp3) is 0.150. The van der Waals surface area contributed by atoms with Crippen molar-refractivity contribution in [3.63, 3.8) is 0 Å². The molecule has 3 rings (SSSR count). The van der Waals surface area contributed by atoms with Gasteiger partial charge in [-0.25, -0.2) is 4.98 Å². The number of hydrogen-bond acceptors (Lipinski definition) is 5. The first kappa shape index (κ1) is 20.9. The molecule has 0 unspecified atom stereocenters. The molecule has 1 heterocycles. The highest BCUT2D eigenvalue weighted by molar-refractivity contribution is 5.90. The molecular formula is C20H13F4N3O3. The molecule has 0 atom stereocenters. The Labute approximate surface area is 167 Å². The molecule has 1 aromatic heterocycles. The third-order valence-corrected chi connectivity index (χ3v) is 4.02. The number of para-hydroxylation sites is 1. The van der Waals surface area contributed by atoms with Crippen molar-refractivity contribution in [1.82, 2.24) is 9.97 Å². The summed E-state index contributed by atoms with van der Waals surface area (Å²) in [6.07, 6.45) is 1.24. The fourth-order valence-corrected chi connectivity index (χ4v) is 2.75. The molecule has 2 aromatic carbocycles. The van der Waals surface area contributed by atoms with E-state index in [0.29, 0.717) is 10.9 Å². The first-order chi connectivity index (χ1) is 14.3. The molecule has 3 aromatic rings. The monoisotopic (exact) mass is 419 g/mol. The standard InChI is InChI=1S/C20H13F4N3O3/c1-10-3-2-4-13-16(10)26-17(27-18(13)28)12(9-25)7-11-5-6-14(29-19(21)22)15(8-11)30-20(23)24/h2-8,19-20H,1H3,(H,26,27,28)/b12-7+. The highest BCUT2D eigenvalue weighted by Gasteiger charge is 2.16. The second-order valence-electron chi connectivity index (χ2n) is 6.02. The molecule has 6 nitrogen and oxygen atoms in total. The average Bonchev–Trinajstić information content (AvgIpc) is 2.68. The largest absolute Gasteiger partial charge is 0.431 e. The van der Waals surface area contributed by atoms with E-state index in [-0.39, 0.29) is 17.0 Å². The van der Waals surface area contributed by atoms with E-state index < -0.39 is 30.3 Å². The van der Waals surface area contributed by atoms with Gasteiger partial charge in [-0.05, 0) is 42.3 Å². The van der Waals surface area contributed by atoms with Gasteiger partial charge in [-0.15, -0.1) is 0 Å². The molecule has 10 heteroatoms. The molecule has 1 N–H and O–H groups in total. The molecular weight excluding hydrogens is 406 g/mol. The van der Waals surface area contributed by atoms with E-state index in [9.17, 15) is 27.6 Å². The Bertz CT molecular complexity index is 1220. The number of alkyl halides is 4. The van der Waals surface area contributed by atoms with E-state index in [0.717, 1.165) is 17.7 Å². The number of fused-ring (bicyclic) bond motifs is 1. The number of benzene rings is 2. The lowest BCUT2D eigenvalue weighted by Crippen LogP contribution is -2.12. The second kappa shape index (κ2) is 8.65. The molecule has 0 aliphatic carbocycles. The molecule has 0 amide bonds. The zero-order valence-corrected chi connectivity index (χ0v) is 15.3. The fourth-order valence-electron chi connectivity index (χ4n) is 2.75. The SMILES string of the molecule is Cc1cccc2c(=O)[nH]c(/C(C#N)=C/c3ccc(OC(F)F)c(OC(F)F)c3)nc12. The van der Waals surface area contributed by atoms with Crippen LogP contribution in [0.25, 0.3) is 22.6 Å². The minimum absolute atomic E-state index is 0.0338. The summed E-state index contributed by atoms with van der Waals surface area (Å²) in [4.78, 5) is 19.1. The van der Waals surface area contributed by atoms with Crippen molar-refractivity contribution in [2.75, 3.05) is 0 Å². The zero-order valence-electron chi connectivity index (χ0n) is 15.3. The third-order valence-electron chi connectivity index (χ3n) is 4.02. The topological polar surface area (TPSA) is 88.0 Å². The summed E-state index contributed by atoms with van der Waals surface area (Å²) in [5, 5.41) is 9.85. The summed E-state index contributed by atoms with van der Waals surface area (Å²) >= 11 is 0. The van der Waals surface area contributed by atoms with E-state index >= 15 is 0 Å². The summed E-state index contributed by atoms with van der Waals surface area (Å²) in [5.74, 6) is -1.26. The van der Waals surface area contributed by atoms with Gasteiger partial charge in [-0.1, -0.05) is 18.2 Å². The number of hydrogen-bond donors (Lipinski definition) is 1. The minimum atomic E-state index is -3.28. The van der Waals surface area contributed by atoms with Crippen molar-refractivity contribution in [2.24, 2.45) is 0 Å². The van der Waals surface area contributed by atoms with Gasteiger partial charge in [-0.2, -0.15) is 22.8 Å². The van der Waals surface area contributed by atoms with E-state index in [1.54, 1.807) is 25.1 Å². The lowest BCUT2D eigenvalue weighted by Gasteiger charge is -2.12. The number of aromatic nitrogens is 2. The van der Waals surface area contributed by atoms with Gasteiger partial charge in [0, 0.05) is 0 Å². The Balaban J connectivity index is 2.08. The summed E-state index contributed by atoms with van der Waals surface area (Å²) in [6, 6.07) is 10.2. The van der Waals surface area contributed by atoms with Crippen LogP contribution in [0.5, 0.6) is 11.5 Å². The van der Waals surface area contributed by atoms with Crippen molar-refractivity contribution < 1.29 is 27.0 Å². The Morgan fingerprint density at radius 1 is 1.13 bits per heavy atom. The van der Waals surface area contributed by atoms with Crippen LogP contribution in [0.1, 0.15) is 17.0 Å². The first-order valence-electron chi connectivity index (χ1n) is 8.44. The summed E-state index contributed by atoms with van der Waals surface area (Å²) in [7, 11) is 0. The third kappa shape index (κ3) is 4.57. The molecule has 0 radical (unpaired) electrons. The van der Waals surface area contributed by atoms with Crippen LogP contribution in [0, 0.1) is 18.3 Å². The lowest BCUT2D eigenvalue weighted by atomic mass is 10.1. The van der Waals surface area contributed by atoms with Gasteiger partial charge < -0.3 is 14.5 Å². The Morgan fingerprint density at radius 3 is 2.50 bits per heavy atom. The number of aryl methyl sites for hydroxylation is 1. The number of nitrogens with one attached hydrogen (secondary N) is 1. The molecule has 0 saturated heterocycles. The molecule has 0 spiro atoms. The number of nitriles is 1. The van der Waals surface area contributed by atoms with E-state index in [1.807, 2.05) is 6.07 Å². The smallest absolute Gasteiger partial charge is 0.387 e. The Kier molecular flexibility index (Phi) is 6.01. The Hall–Kier alpha value is -3.87. The average molecular weight is 419 g/mol. The molecule has 0 fully saturated rings. The number of aromatic amines is 1. The molecule has 0 aliphatic heterocycles. The summed E-state index contributed by atoms with van der Waals surface area (Å²) in [6.45, 7) is -4.76. The van der Waals surface area contributed by atoms with Crippen molar-refractivity contribution in [3.05, 3.63) is 63.7 Å². The quantitative estimate of drug-likeness (QED) is 0.470. The van der Waals surface area contributed by atoms with Crippen molar-refractivity contribution in [1.29, 1.82) is 5.26 Å². The van der Waals surface area contributed by atoms with E-state index in [2.05, 4.69) is 19.4 Å². The van der Waals surface area contributed by atoms with Crippen molar-refractivity contribution >= 4 is 22.6 Å². The summed E-state index contributed by atoms with van der Waals surface area (Å²) < 4.78 is 58.5. The molecule has 0 bridgehead atoms. The molecule has 0 aliphatic rings. The van der Waals surface area contributed by atoms with Crippen LogP contribution in [0.15, 0.2) is 41.2 Å². The number of halogens is 4. The normalized spacial score (nSPS) is 11.7. The predicted octanol–water partition coefficient (Wildman–Crippen LogP) is 4.50. The Morgan fingerprint density at radius 2 is 1.83 bits per heavy atom. The number of ether oxygens (including phenoxy) is 2. The molecule has 154 valence electrons. The first-order valence-corrected chi connectivity index (χ1v) is 8.44. The molecule has 0 saturated carbocycles. The maximum atomic E-state index is 12.6. The lowest BCUT2D eigenvalue weighted by molar-refractivity contribution is -0.0692. The van der Waals surface area contributed by atoms with Crippen LogP contribution in [0.4, 0.5) is 17.6 Å². The van der Waals surface area contributed by atoms with Gasteiger partial charge in [0.1, 0.15) is 6.07 Å². The van der Waals surface area contributed by atoms with Crippen LogP contribution >= 0.6 is 0 Å². The van der Waals surface area contributed by atoms with Gasteiger partial charge in [-0.3, -0.25) is 4.79 Å². The zero-order chi connectivity index (χ0) is 21.8. The number of rotatable bonds is 6. The maximum absolute atomic E-state index is 12.6. The number of H-pyrrole nitrogens is 1. The van der Waals surface area contributed by atoms with Crippen LogP contribution in [-0.2, 0) is 0 Å². The van der Waals surface area contributed by atoms with Crippen LogP contribution < -0.4 is 15.0 Å². The highest BCUT2D eigenvalue weighted by atomic mass is 19.3. The minimum Gasteiger partial charge on any atom is -0.431 e. The van der Waals surface area contributed by atoms with Gasteiger partial charge in [0.15, 0.2) is 17.3 Å². The van der Waals surface area contributed by atoms with Gasteiger partial charge in [0.05, 0.1) is 16.5 Å². The highest BCUT2D eigenvalue weighted by Crippen LogP contribution is 2.32.